The maximum atomic E-state index is 2.23. The smallest absolute Gasteiger partial charge is 0 e. The normalized spacial score (nSPS) is 9.48. The van der Waals surface area contributed by atoms with Gasteiger partial charge >= 0.3 is 0 Å². The van der Waals surface area contributed by atoms with Crippen molar-refractivity contribution in [3.05, 3.63) is 91.0 Å². The molecule has 136 valence electrons. The molecule has 0 bridgehead atoms. The molecule has 0 saturated carbocycles. The summed E-state index contributed by atoms with van der Waals surface area (Å²) < 4.78 is 0. The molecular formula is C21H24P2PdRu. The van der Waals surface area contributed by atoms with Crippen molar-refractivity contribution in [2.75, 3.05) is 20.0 Å². The van der Waals surface area contributed by atoms with Gasteiger partial charge in [0.05, 0.1) is 0 Å². The van der Waals surface area contributed by atoms with Crippen LogP contribution in [0.15, 0.2) is 91.0 Å². The van der Waals surface area contributed by atoms with Crippen molar-refractivity contribution >= 4 is 31.8 Å². The van der Waals surface area contributed by atoms with Gasteiger partial charge < -0.3 is 0 Å². The van der Waals surface area contributed by atoms with Gasteiger partial charge in [-0.15, -0.1) is 7.92 Å². The molecule has 0 radical (unpaired) electrons. The summed E-state index contributed by atoms with van der Waals surface area (Å²) in [7, 11) is -0.0664. The Labute approximate surface area is 181 Å². The van der Waals surface area contributed by atoms with Crippen LogP contribution in [0.5, 0.6) is 0 Å². The van der Waals surface area contributed by atoms with Crippen molar-refractivity contribution in [1.29, 1.82) is 0 Å². The van der Waals surface area contributed by atoms with Crippen molar-refractivity contribution in [1.82, 2.24) is 0 Å². The van der Waals surface area contributed by atoms with Crippen LogP contribution in [0, 0.1) is 0 Å². The number of rotatable bonds is 3. The van der Waals surface area contributed by atoms with Crippen LogP contribution in [-0.2, 0) is 39.9 Å². The zero-order chi connectivity index (χ0) is 16.5. The Bertz CT molecular complexity index is 579. The van der Waals surface area contributed by atoms with E-state index in [1.54, 1.807) is 0 Å². The van der Waals surface area contributed by atoms with E-state index in [1.165, 1.54) is 15.9 Å². The van der Waals surface area contributed by atoms with Gasteiger partial charge in [-0.2, -0.15) is 0 Å². The van der Waals surface area contributed by atoms with E-state index in [0.717, 1.165) is 0 Å². The molecule has 0 aliphatic carbocycles. The SMILES string of the molecule is CP(C)C.[Pd].[Ru].c1ccc(P(c2ccccc2)c2ccccc2)cc1. The molecule has 0 fully saturated rings. The molecule has 3 rings (SSSR count). The minimum Gasteiger partial charge on any atom is -0.116 e. The van der Waals surface area contributed by atoms with Crippen LogP contribution < -0.4 is 15.9 Å². The van der Waals surface area contributed by atoms with Crippen molar-refractivity contribution in [2.24, 2.45) is 0 Å². The quantitative estimate of drug-likeness (QED) is 0.328. The Morgan fingerprint density at radius 2 is 0.680 bits per heavy atom. The van der Waals surface area contributed by atoms with Crippen LogP contribution in [0.4, 0.5) is 0 Å². The van der Waals surface area contributed by atoms with E-state index in [0.29, 0.717) is 7.92 Å². The first-order valence-corrected chi connectivity index (χ1v) is 11.8. The van der Waals surface area contributed by atoms with Crippen LogP contribution in [0.1, 0.15) is 0 Å². The summed E-state index contributed by atoms with van der Waals surface area (Å²) in [6, 6.07) is 32.3. The largest absolute Gasteiger partial charge is 0.116 e. The number of hydrogen-bond acceptors (Lipinski definition) is 0. The molecule has 0 aliphatic rings. The first-order valence-electron chi connectivity index (χ1n) is 7.74. The molecule has 0 heterocycles. The van der Waals surface area contributed by atoms with Crippen LogP contribution in [0.25, 0.3) is 0 Å². The average Bonchev–Trinajstić information content (AvgIpc) is 2.58. The average molecular weight is 546 g/mol. The van der Waals surface area contributed by atoms with Gasteiger partial charge in [-0.05, 0) is 43.8 Å². The second-order valence-electron chi connectivity index (χ2n) is 5.68. The molecule has 4 heteroatoms. The molecule has 0 unspecified atom stereocenters. The fourth-order valence-electron chi connectivity index (χ4n) is 2.18. The minimum absolute atomic E-state index is 0. The van der Waals surface area contributed by atoms with Crippen molar-refractivity contribution in [3.8, 4) is 0 Å². The van der Waals surface area contributed by atoms with Gasteiger partial charge in [0.15, 0.2) is 0 Å². The van der Waals surface area contributed by atoms with E-state index < -0.39 is 7.92 Å². The number of benzene rings is 3. The molecule has 0 aromatic heterocycles. The molecule has 0 saturated heterocycles. The predicted octanol–water partition coefficient (Wildman–Crippen LogP) is 4.80. The van der Waals surface area contributed by atoms with Crippen LogP contribution in [0.3, 0.4) is 0 Å². The summed E-state index contributed by atoms with van der Waals surface area (Å²) in [5.41, 5.74) is 0. The van der Waals surface area contributed by atoms with Crippen molar-refractivity contribution in [3.63, 3.8) is 0 Å². The van der Waals surface area contributed by atoms with E-state index >= 15 is 0 Å². The summed E-state index contributed by atoms with van der Waals surface area (Å²) >= 11 is 0. The third-order valence-corrected chi connectivity index (χ3v) is 5.49. The van der Waals surface area contributed by atoms with Gasteiger partial charge in [0, 0.05) is 39.9 Å². The van der Waals surface area contributed by atoms with E-state index in [2.05, 4.69) is 111 Å². The van der Waals surface area contributed by atoms with Crippen molar-refractivity contribution < 1.29 is 39.9 Å². The molecule has 0 spiro atoms. The Kier molecular flexibility index (Phi) is 13.8. The van der Waals surface area contributed by atoms with E-state index in [4.69, 9.17) is 0 Å². The fraction of sp³-hybridized carbons (Fsp3) is 0.143. The third kappa shape index (κ3) is 8.83. The number of hydrogen-bond donors (Lipinski definition) is 0. The first kappa shape index (κ1) is 24.8. The van der Waals surface area contributed by atoms with Gasteiger partial charge in [0.1, 0.15) is 0 Å². The standard InChI is InChI=1S/C18H15P.C3H9P.Pd.Ru/c1-4-10-16(11-5-1)19(17-12-6-2-7-13-17)18-14-8-3-9-15-18;1-4(2)3;;/h1-15H;1-3H3;;. The molecular weight excluding hydrogens is 522 g/mol. The maximum Gasteiger partial charge on any atom is 0 e. The molecule has 0 nitrogen and oxygen atoms in total. The fourth-order valence-corrected chi connectivity index (χ4v) is 4.48. The molecule has 25 heavy (non-hydrogen) atoms. The first-order chi connectivity index (χ1) is 11.2. The Morgan fingerprint density at radius 1 is 0.480 bits per heavy atom. The predicted molar refractivity (Wildman–Crippen MR) is 110 cm³/mol. The topological polar surface area (TPSA) is 0 Å². The van der Waals surface area contributed by atoms with E-state index in [1.807, 2.05) is 0 Å². The van der Waals surface area contributed by atoms with Gasteiger partial charge in [0.25, 0.3) is 0 Å². The third-order valence-electron chi connectivity index (χ3n) is 3.04. The zero-order valence-electron chi connectivity index (χ0n) is 14.7. The molecule has 3 aromatic carbocycles. The minimum atomic E-state index is -0.446. The molecule has 0 aliphatic heterocycles. The van der Waals surface area contributed by atoms with Gasteiger partial charge in [0.2, 0.25) is 0 Å². The maximum absolute atomic E-state index is 2.23. The van der Waals surface area contributed by atoms with E-state index in [9.17, 15) is 0 Å². The second-order valence-corrected chi connectivity index (χ2v) is 10.6. The summed E-state index contributed by atoms with van der Waals surface area (Å²) in [6.45, 7) is 6.69. The van der Waals surface area contributed by atoms with Gasteiger partial charge in [-0.1, -0.05) is 91.0 Å². The van der Waals surface area contributed by atoms with Crippen molar-refractivity contribution in [2.45, 2.75) is 0 Å². The molecule has 0 atom stereocenters. The summed E-state index contributed by atoms with van der Waals surface area (Å²) in [5, 5.41) is 4.19. The van der Waals surface area contributed by atoms with E-state index in [-0.39, 0.29) is 39.9 Å². The molecule has 3 aromatic rings. The second kappa shape index (κ2) is 13.9. The summed E-state index contributed by atoms with van der Waals surface area (Å²) in [6.07, 6.45) is 0. The summed E-state index contributed by atoms with van der Waals surface area (Å²) in [5.74, 6) is 0. The van der Waals surface area contributed by atoms with Crippen LogP contribution in [0.2, 0.25) is 0 Å². The molecule has 0 amide bonds. The van der Waals surface area contributed by atoms with Gasteiger partial charge in [-0.3, -0.25) is 0 Å². The Morgan fingerprint density at radius 3 is 0.880 bits per heavy atom. The van der Waals surface area contributed by atoms with Gasteiger partial charge in [-0.25, -0.2) is 0 Å². The van der Waals surface area contributed by atoms with Crippen LogP contribution >= 0.6 is 15.8 Å². The Balaban J connectivity index is 0.000000874. The zero-order valence-corrected chi connectivity index (χ0v) is 19.8. The Hall–Kier alpha value is -0.194. The monoisotopic (exact) mass is 546 g/mol. The summed E-state index contributed by atoms with van der Waals surface area (Å²) in [4.78, 5) is 0. The van der Waals surface area contributed by atoms with Crippen LogP contribution in [-0.4, -0.2) is 20.0 Å². The molecule has 0 N–H and O–H groups in total.